The van der Waals surface area contributed by atoms with Crippen LogP contribution in [-0.2, 0) is 11.3 Å². The summed E-state index contributed by atoms with van der Waals surface area (Å²) < 4.78 is 27.2. The number of nitrogens with one attached hydrogen (secondary N) is 1. The first-order chi connectivity index (χ1) is 16.5. The molecule has 2 heterocycles. The van der Waals surface area contributed by atoms with Crippen LogP contribution in [0.1, 0.15) is 36.8 Å². The highest BCUT2D eigenvalue weighted by Crippen LogP contribution is 2.23. The van der Waals surface area contributed by atoms with Gasteiger partial charge in [-0.15, -0.1) is 0 Å². The molecular weight excluding hydrogens is 434 g/mol. The van der Waals surface area contributed by atoms with Crippen molar-refractivity contribution in [2.75, 3.05) is 36.4 Å². The summed E-state index contributed by atoms with van der Waals surface area (Å²) in [6, 6.07) is 17.3. The molecular formula is C27H30F2N4O. The van der Waals surface area contributed by atoms with Gasteiger partial charge in [-0.1, -0.05) is 43.3 Å². The molecule has 1 fully saturated rings. The molecule has 0 radical (unpaired) electrons. The Hall–Kier alpha value is -3.32. The van der Waals surface area contributed by atoms with Gasteiger partial charge in [-0.25, -0.2) is 13.8 Å². The van der Waals surface area contributed by atoms with E-state index in [1.54, 1.807) is 6.20 Å². The largest absolute Gasteiger partial charge is 0.355 e. The first-order valence-electron chi connectivity index (χ1n) is 11.8. The lowest BCUT2D eigenvalue weighted by Gasteiger charge is -2.23. The van der Waals surface area contributed by atoms with Crippen LogP contribution in [0.4, 0.5) is 20.3 Å². The number of hydrogen-bond acceptors (Lipinski definition) is 4. The van der Waals surface area contributed by atoms with Crippen molar-refractivity contribution in [1.82, 2.24) is 9.88 Å². The van der Waals surface area contributed by atoms with Gasteiger partial charge in [0.15, 0.2) is 0 Å². The van der Waals surface area contributed by atoms with Crippen LogP contribution >= 0.6 is 0 Å². The number of carbonyl (C=O) groups excluding carboxylic acids is 1. The van der Waals surface area contributed by atoms with E-state index < -0.39 is 11.6 Å². The normalized spacial score (nSPS) is 15.6. The molecule has 0 aliphatic carbocycles. The minimum Gasteiger partial charge on any atom is -0.355 e. The molecule has 7 heteroatoms. The van der Waals surface area contributed by atoms with E-state index in [-0.39, 0.29) is 11.8 Å². The van der Waals surface area contributed by atoms with Crippen LogP contribution in [-0.4, -0.2) is 42.0 Å². The second-order valence-electron chi connectivity index (χ2n) is 8.62. The number of nitrogens with zero attached hydrogens (tertiary/aromatic N) is 3. The Morgan fingerprint density at radius 3 is 2.56 bits per heavy atom. The van der Waals surface area contributed by atoms with E-state index in [2.05, 4.69) is 20.1 Å². The molecule has 1 amide bonds. The highest BCUT2D eigenvalue weighted by Gasteiger charge is 2.20. The number of benzene rings is 2. The summed E-state index contributed by atoms with van der Waals surface area (Å²) in [7, 11) is 0. The minimum atomic E-state index is -0.556. The number of pyridine rings is 1. The van der Waals surface area contributed by atoms with E-state index in [0.29, 0.717) is 24.2 Å². The van der Waals surface area contributed by atoms with E-state index in [1.807, 2.05) is 49.4 Å². The van der Waals surface area contributed by atoms with Gasteiger partial charge in [-0.2, -0.15) is 0 Å². The first-order valence-corrected chi connectivity index (χ1v) is 11.8. The van der Waals surface area contributed by atoms with Crippen LogP contribution in [0.15, 0.2) is 66.9 Å². The van der Waals surface area contributed by atoms with Gasteiger partial charge >= 0.3 is 0 Å². The molecule has 5 nitrogen and oxygen atoms in total. The smallest absolute Gasteiger partial charge is 0.231 e. The molecule has 178 valence electrons. The molecule has 1 aliphatic rings. The number of anilines is 2. The Bertz CT molecular complexity index is 1090. The van der Waals surface area contributed by atoms with Crippen LogP contribution in [0.2, 0.25) is 0 Å². The van der Waals surface area contributed by atoms with Gasteiger partial charge in [0.05, 0.1) is 17.8 Å². The van der Waals surface area contributed by atoms with Crippen molar-refractivity contribution in [3.05, 3.63) is 89.6 Å². The van der Waals surface area contributed by atoms with Gasteiger partial charge in [0.25, 0.3) is 0 Å². The topological polar surface area (TPSA) is 48.5 Å². The van der Waals surface area contributed by atoms with Gasteiger partial charge in [-0.3, -0.25) is 9.69 Å². The SMILES string of the molecule is CCC(C(=O)Nc1ccc(N2CCCN(Cc3ccc(F)cc3F)CC2)nc1)c1ccccc1. The Kier molecular flexibility index (Phi) is 7.85. The average molecular weight is 465 g/mol. The third kappa shape index (κ3) is 5.97. The lowest BCUT2D eigenvalue weighted by Crippen LogP contribution is -2.31. The fraction of sp³-hybridized carbons (Fsp3) is 0.333. The summed E-state index contributed by atoms with van der Waals surface area (Å²) in [6.07, 6.45) is 3.33. The zero-order valence-corrected chi connectivity index (χ0v) is 19.4. The van der Waals surface area contributed by atoms with E-state index in [9.17, 15) is 13.6 Å². The number of aromatic nitrogens is 1. The standard InChI is InChI=1S/C27H30F2N4O/c1-2-24(20-7-4-3-5-8-20)27(34)31-23-11-12-26(30-18-23)33-14-6-13-32(15-16-33)19-21-9-10-22(28)17-25(21)29/h3-5,7-12,17-18,24H,2,6,13-16,19H2,1H3,(H,31,34). The summed E-state index contributed by atoms with van der Waals surface area (Å²) >= 11 is 0. The maximum atomic E-state index is 14.0. The third-order valence-electron chi connectivity index (χ3n) is 6.26. The molecule has 1 saturated heterocycles. The van der Waals surface area contributed by atoms with Crippen LogP contribution in [0.3, 0.4) is 0 Å². The number of hydrogen-bond donors (Lipinski definition) is 1. The summed E-state index contributed by atoms with van der Waals surface area (Å²) in [5.41, 5.74) is 2.18. The van der Waals surface area contributed by atoms with Crippen molar-refractivity contribution in [2.45, 2.75) is 32.2 Å². The highest BCUT2D eigenvalue weighted by atomic mass is 19.1. The van der Waals surface area contributed by atoms with Crippen LogP contribution in [0.5, 0.6) is 0 Å². The summed E-state index contributed by atoms with van der Waals surface area (Å²) in [5.74, 6) is -0.453. The Morgan fingerprint density at radius 2 is 1.85 bits per heavy atom. The number of halogens is 2. The quantitative estimate of drug-likeness (QED) is 0.522. The second kappa shape index (κ2) is 11.2. The number of carbonyl (C=O) groups is 1. The van der Waals surface area contributed by atoms with Gasteiger partial charge in [0.1, 0.15) is 17.5 Å². The predicted octanol–water partition coefficient (Wildman–Crippen LogP) is 5.20. The van der Waals surface area contributed by atoms with Crippen LogP contribution < -0.4 is 10.2 Å². The molecule has 3 aromatic rings. The van der Waals surface area contributed by atoms with E-state index in [0.717, 1.165) is 50.0 Å². The zero-order valence-electron chi connectivity index (χ0n) is 19.4. The highest BCUT2D eigenvalue weighted by molar-refractivity contribution is 5.95. The van der Waals surface area contributed by atoms with Crippen molar-refractivity contribution < 1.29 is 13.6 Å². The maximum absolute atomic E-state index is 14.0. The Labute approximate surface area is 199 Å². The second-order valence-corrected chi connectivity index (χ2v) is 8.62. The molecule has 0 saturated carbocycles. The molecule has 1 N–H and O–H groups in total. The van der Waals surface area contributed by atoms with Crippen LogP contribution in [0, 0.1) is 11.6 Å². The van der Waals surface area contributed by atoms with Crippen molar-refractivity contribution in [1.29, 1.82) is 0 Å². The number of rotatable bonds is 7. The minimum absolute atomic E-state index is 0.0401. The Balaban J connectivity index is 1.34. The van der Waals surface area contributed by atoms with Crippen molar-refractivity contribution in [2.24, 2.45) is 0 Å². The van der Waals surface area contributed by atoms with E-state index in [1.165, 1.54) is 12.1 Å². The molecule has 0 spiro atoms. The molecule has 4 rings (SSSR count). The first kappa shape index (κ1) is 23.8. The monoisotopic (exact) mass is 464 g/mol. The van der Waals surface area contributed by atoms with E-state index >= 15 is 0 Å². The van der Waals surface area contributed by atoms with Gasteiger partial charge in [0.2, 0.25) is 5.91 Å². The average Bonchev–Trinajstić information content (AvgIpc) is 3.08. The molecule has 2 aromatic carbocycles. The zero-order chi connectivity index (χ0) is 23.9. The molecule has 1 aromatic heterocycles. The van der Waals surface area contributed by atoms with Crippen molar-refractivity contribution in [3.63, 3.8) is 0 Å². The molecule has 34 heavy (non-hydrogen) atoms. The molecule has 1 atom stereocenters. The van der Waals surface area contributed by atoms with Crippen molar-refractivity contribution >= 4 is 17.4 Å². The Morgan fingerprint density at radius 1 is 1.03 bits per heavy atom. The summed E-state index contributed by atoms with van der Waals surface area (Å²) in [5, 5.41) is 2.99. The molecule has 0 bridgehead atoms. The fourth-order valence-corrected chi connectivity index (χ4v) is 4.38. The molecule has 1 unspecified atom stereocenters. The van der Waals surface area contributed by atoms with Crippen LogP contribution in [0.25, 0.3) is 0 Å². The summed E-state index contributed by atoms with van der Waals surface area (Å²) in [4.78, 5) is 21.8. The predicted molar refractivity (Wildman–Crippen MR) is 131 cm³/mol. The van der Waals surface area contributed by atoms with Gasteiger partial charge in [0, 0.05) is 44.4 Å². The third-order valence-corrected chi connectivity index (χ3v) is 6.26. The summed E-state index contributed by atoms with van der Waals surface area (Å²) in [6.45, 7) is 5.65. The van der Waals surface area contributed by atoms with Gasteiger partial charge in [-0.05, 0) is 36.6 Å². The van der Waals surface area contributed by atoms with Crippen molar-refractivity contribution in [3.8, 4) is 0 Å². The molecule has 1 aliphatic heterocycles. The maximum Gasteiger partial charge on any atom is 0.231 e. The lowest BCUT2D eigenvalue weighted by molar-refractivity contribution is -0.117. The lowest BCUT2D eigenvalue weighted by atomic mass is 9.95. The van der Waals surface area contributed by atoms with E-state index in [4.69, 9.17) is 0 Å². The fourth-order valence-electron chi connectivity index (χ4n) is 4.38. The number of amides is 1. The van der Waals surface area contributed by atoms with Gasteiger partial charge < -0.3 is 10.2 Å².